The molecule has 0 spiro atoms. The predicted molar refractivity (Wildman–Crippen MR) is 62.2 cm³/mol. The Labute approximate surface area is 102 Å². The maximum Gasteiger partial charge on any atom is 0.323 e. The average Bonchev–Trinajstić information content (AvgIpc) is 2.59. The molecule has 1 saturated heterocycles. The van der Waals surface area contributed by atoms with Crippen molar-refractivity contribution in [2.24, 2.45) is 0 Å². The number of ether oxygens (including phenoxy) is 2. The lowest BCUT2D eigenvalue weighted by Gasteiger charge is -2.26. The molecule has 1 fully saturated rings. The maximum absolute atomic E-state index is 11.9. The quantitative estimate of drug-likeness (QED) is 0.700. The van der Waals surface area contributed by atoms with Gasteiger partial charge in [-0.15, -0.1) is 0 Å². The molecule has 0 saturated carbocycles. The molecule has 0 amide bonds. The first kappa shape index (κ1) is 14.0. The fourth-order valence-corrected chi connectivity index (χ4v) is 1.79. The van der Waals surface area contributed by atoms with Crippen molar-refractivity contribution in [1.82, 2.24) is 4.90 Å². The van der Waals surface area contributed by atoms with Crippen LogP contribution in [0.25, 0.3) is 0 Å². The van der Waals surface area contributed by atoms with Crippen molar-refractivity contribution in [2.45, 2.75) is 52.2 Å². The second-order valence-corrected chi connectivity index (χ2v) is 5.27. The summed E-state index contributed by atoms with van der Waals surface area (Å²) in [4.78, 5) is 24.5. The van der Waals surface area contributed by atoms with Crippen LogP contribution in [0.5, 0.6) is 0 Å². The molecule has 0 radical (unpaired) electrons. The highest BCUT2D eigenvalue weighted by molar-refractivity contribution is 5.76. The molecule has 1 atom stereocenters. The standard InChI is InChI=1S/C12H21NO4/c1-9(14)16-8-13-7-5-6-10(13)11(15)17-12(2,3)4/h10H,5-8H2,1-4H3. The molecule has 0 aliphatic carbocycles. The van der Waals surface area contributed by atoms with Gasteiger partial charge in [0.05, 0.1) is 0 Å². The second-order valence-electron chi connectivity index (χ2n) is 5.27. The minimum Gasteiger partial charge on any atom is -0.459 e. The van der Waals surface area contributed by atoms with Gasteiger partial charge in [-0.2, -0.15) is 0 Å². The highest BCUT2D eigenvalue weighted by atomic mass is 16.6. The molecule has 0 N–H and O–H groups in total. The Hall–Kier alpha value is -1.10. The fourth-order valence-electron chi connectivity index (χ4n) is 1.79. The molecule has 17 heavy (non-hydrogen) atoms. The van der Waals surface area contributed by atoms with E-state index in [2.05, 4.69) is 0 Å². The van der Waals surface area contributed by atoms with Crippen LogP contribution < -0.4 is 0 Å². The molecule has 0 bridgehead atoms. The van der Waals surface area contributed by atoms with Crippen LogP contribution in [-0.4, -0.2) is 41.8 Å². The van der Waals surface area contributed by atoms with Crippen molar-refractivity contribution in [3.8, 4) is 0 Å². The molecule has 0 aromatic rings. The monoisotopic (exact) mass is 243 g/mol. The molecule has 1 aliphatic heterocycles. The minimum atomic E-state index is -0.479. The lowest BCUT2D eigenvalue weighted by molar-refractivity contribution is -0.164. The third-order valence-corrected chi connectivity index (χ3v) is 2.48. The summed E-state index contributed by atoms with van der Waals surface area (Å²) in [7, 11) is 0. The van der Waals surface area contributed by atoms with E-state index in [1.165, 1.54) is 6.92 Å². The van der Waals surface area contributed by atoms with E-state index in [9.17, 15) is 9.59 Å². The first-order valence-corrected chi connectivity index (χ1v) is 5.90. The van der Waals surface area contributed by atoms with Crippen LogP contribution in [0.1, 0.15) is 40.5 Å². The van der Waals surface area contributed by atoms with Gasteiger partial charge in [0.1, 0.15) is 18.4 Å². The molecule has 0 aromatic heterocycles. The van der Waals surface area contributed by atoms with E-state index >= 15 is 0 Å². The molecule has 5 heteroatoms. The molecule has 1 rings (SSSR count). The zero-order valence-corrected chi connectivity index (χ0v) is 11.0. The van der Waals surface area contributed by atoms with Crippen molar-refractivity contribution < 1.29 is 19.1 Å². The summed E-state index contributed by atoms with van der Waals surface area (Å²) in [5, 5.41) is 0. The number of esters is 2. The van der Waals surface area contributed by atoms with Crippen molar-refractivity contribution in [2.75, 3.05) is 13.3 Å². The summed E-state index contributed by atoms with van der Waals surface area (Å²) >= 11 is 0. The van der Waals surface area contributed by atoms with E-state index in [4.69, 9.17) is 9.47 Å². The van der Waals surface area contributed by atoms with Crippen molar-refractivity contribution in [3.63, 3.8) is 0 Å². The zero-order chi connectivity index (χ0) is 13.1. The van der Waals surface area contributed by atoms with Gasteiger partial charge in [-0.25, -0.2) is 0 Å². The van der Waals surface area contributed by atoms with Crippen LogP contribution in [0.4, 0.5) is 0 Å². The van der Waals surface area contributed by atoms with Gasteiger partial charge in [-0.3, -0.25) is 14.5 Å². The molecule has 5 nitrogen and oxygen atoms in total. The van der Waals surface area contributed by atoms with E-state index in [0.29, 0.717) is 0 Å². The maximum atomic E-state index is 11.9. The number of hydrogen-bond acceptors (Lipinski definition) is 5. The lowest BCUT2D eigenvalue weighted by atomic mass is 10.1. The van der Waals surface area contributed by atoms with Gasteiger partial charge in [-0.1, -0.05) is 0 Å². The van der Waals surface area contributed by atoms with Gasteiger partial charge in [0.2, 0.25) is 0 Å². The number of likely N-dealkylation sites (tertiary alicyclic amines) is 1. The Bertz CT molecular complexity index is 295. The number of hydrogen-bond donors (Lipinski definition) is 0. The van der Waals surface area contributed by atoms with Gasteiger partial charge in [0.15, 0.2) is 0 Å². The SMILES string of the molecule is CC(=O)OCN1CCCC1C(=O)OC(C)(C)C. The van der Waals surface area contributed by atoms with Crippen LogP contribution >= 0.6 is 0 Å². The number of carbonyl (C=O) groups excluding carboxylic acids is 2. The average molecular weight is 243 g/mol. The van der Waals surface area contributed by atoms with Crippen molar-refractivity contribution in [3.05, 3.63) is 0 Å². The molecule has 1 aliphatic rings. The van der Waals surface area contributed by atoms with Crippen molar-refractivity contribution >= 4 is 11.9 Å². The molecule has 0 aromatic carbocycles. The highest BCUT2D eigenvalue weighted by Crippen LogP contribution is 2.20. The summed E-state index contributed by atoms with van der Waals surface area (Å²) in [6.45, 7) is 7.82. The number of rotatable bonds is 3. The summed E-state index contributed by atoms with van der Waals surface area (Å²) < 4.78 is 10.3. The van der Waals surface area contributed by atoms with Crippen LogP contribution in [0.2, 0.25) is 0 Å². The van der Waals surface area contributed by atoms with Crippen LogP contribution in [0.3, 0.4) is 0 Å². The van der Waals surface area contributed by atoms with E-state index in [0.717, 1.165) is 19.4 Å². The highest BCUT2D eigenvalue weighted by Gasteiger charge is 2.34. The lowest BCUT2D eigenvalue weighted by Crippen LogP contribution is -2.41. The second kappa shape index (κ2) is 5.49. The number of carbonyl (C=O) groups is 2. The molecule has 1 unspecified atom stereocenters. The Balaban J connectivity index is 2.51. The number of nitrogens with zero attached hydrogens (tertiary/aromatic N) is 1. The van der Waals surface area contributed by atoms with Crippen LogP contribution in [0.15, 0.2) is 0 Å². The van der Waals surface area contributed by atoms with Gasteiger partial charge < -0.3 is 9.47 Å². The van der Waals surface area contributed by atoms with Crippen molar-refractivity contribution in [1.29, 1.82) is 0 Å². The van der Waals surface area contributed by atoms with Crippen LogP contribution in [0, 0.1) is 0 Å². The Morgan fingerprint density at radius 3 is 2.53 bits per heavy atom. The normalized spacial score (nSPS) is 21.3. The summed E-state index contributed by atoms with van der Waals surface area (Å²) in [6.07, 6.45) is 1.68. The van der Waals surface area contributed by atoms with E-state index in [-0.39, 0.29) is 24.7 Å². The van der Waals surface area contributed by atoms with Gasteiger partial charge in [0.25, 0.3) is 0 Å². The predicted octanol–water partition coefficient (Wildman–Crippen LogP) is 1.31. The minimum absolute atomic E-state index is 0.166. The molecule has 1 heterocycles. The fraction of sp³-hybridized carbons (Fsp3) is 0.833. The topological polar surface area (TPSA) is 55.8 Å². The molecular weight excluding hydrogens is 222 g/mol. The third kappa shape index (κ3) is 4.73. The van der Waals surface area contributed by atoms with E-state index in [1.807, 2.05) is 25.7 Å². The summed E-state index contributed by atoms with van der Waals surface area (Å²) in [5.41, 5.74) is -0.479. The summed E-state index contributed by atoms with van der Waals surface area (Å²) in [6, 6.07) is -0.284. The third-order valence-electron chi connectivity index (χ3n) is 2.48. The van der Waals surface area contributed by atoms with E-state index < -0.39 is 5.60 Å². The zero-order valence-electron chi connectivity index (χ0n) is 11.0. The Morgan fingerprint density at radius 2 is 2.00 bits per heavy atom. The first-order chi connectivity index (χ1) is 7.79. The molecule has 98 valence electrons. The van der Waals surface area contributed by atoms with Gasteiger partial charge in [0, 0.05) is 13.5 Å². The van der Waals surface area contributed by atoms with E-state index in [1.54, 1.807) is 0 Å². The smallest absolute Gasteiger partial charge is 0.323 e. The largest absolute Gasteiger partial charge is 0.459 e. The molecular formula is C12H21NO4. The van der Waals surface area contributed by atoms with Gasteiger partial charge in [-0.05, 0) is 33.6 Å². The first-order valence-electron chi connectivity index (χ1n) is 5.90. The summed E-state index contributed by atoms with van der Waals surface area (Å²) in [5.74, 6) is -0.568. The van der Waals surface area contributed by atoms with Gasteiger partial charge >= 0.3 is 11.9 Å². The van der Waals surface area contributed by atoms with Crippen LogP contribution in [-0.2, 0) is 19.1 Å². The Kier molecular flexibility index (Phi) is 4.51. The Morgan fingerprint density at radius 1 is 1.35 bits per heavy atom.